The molecule has 9 rings (SSSR count). The number of benzene rings is 7. The Labute approximate surface area is 275 Å². The van der Waals surface area contributed by atoms with E-state index in [0.29, 0.717) is 0 Å². The first kappa shape index (κ1) is 27.5. The molecule has 0 unspecified atom stereocenters. The highest BCUT2D eigenvalue weighted by atomic mass is 16.3. The van der Waals surface area contributed by atoms with Crippen LogP contribution in [0.2, 0.25) is 0 Å². The molecule has 47 heavy (non-hydrogen) atoms. The van der Waals surface area contributed by atoms with Gasteiger partial charge in [0.1, 0.15) is 11.2 Å². The van der Waals surface area contributed by atoms with Crippen molar-refractivity contribution < 1.29 is 4.42 Å². The maximum Gasteiger partial charge on any atom is 0.145 e. The zero-order chi connectivity index (χ0) is 31.5. The average molecular weight is 604 g/mol. The minimum atomic E-state index is -0.115. The van der Waals surface area contributed by atoms with Crippen molar-refractivity contribution in [1.82, 2.24) is 0 Å². The highest BCUT2D eigenvalue weighted by Gasteiger charge is 2.36. The number of rotatable bonds is 5. The van der Waals surface area contributed by atoms with Crippen LogP contribution in [-0.2, 0) is 5.41 Å². The Balaban J connectivity index is 1.31. The van der Waals surface area contributed by atoms with E-state index >= 15 is 0 Å². The lowest BCUT2D eigenvalue weighted by atomic mass is 9.82. The maximum atomic E-state index is 6.70. The maximum absolute atomic E-state index is 6.70. The number of nitrogens with zero attached hydrogens (tertiary/aromatic N) is 1. The Bertz CT molecular complexity index is 2420. The van der Waals surface area contributed by atoms with Crippen LogP contribution in [0.15, 0.2) is 168 Å². The lowest BCUT2D eigenvalue weighted by molar-refractivity contribution is 0.660. The molecule has 0 saturated carbocycles. The first-order valence-corrected chi connectivity index (χ1v) is 16.3. The van der Waals surface area contributed by atoms with E-state index in [2.05, 4.69) is 176 Å². The molecule has 1 heterocycles. The van der Waals surface area contributed by atoms with Crippen LogP contribution in [0.5, 0.6) is 0 Å². The van der Waals surface area contributed by atoms with Gasteiger partial charge in [0.15, 0.2) is 0 Å². The van der Waals surface area contributed by atoms with E-state index in [1.807, 2.05) is 6.07 Å². The molecule has 7 aromatic carbocycles. The number of furan rings is 1. The van der Waals surface area contributed by atoms with Gasteiger partial charge in [-0.25, -0.2) is 0 Å². The van der Waals surface area contributed by atoms with Gasteiger partial charge >= 0.3 is 0 Å². The van der Waals surface area contributed by atoms with Gasteiger partial charge < -0.3 is 9.32 Å². The Morgan fingerprint density at radius 2 is 1.09 bits per heavy atom. The van der Waals surface area contributed by atoms with Crippen molar-refractivity contribution in [2.45, 2.75) is 19.3 Å². The third-order valence-electron chi connectivity index (χ3n) is 9.89. The first-order chi connectivity index (χ1) is 23.1. The van der Waals surface area contributed by atoms with Crippen molar-refractivity contribution in [2.75, 3.05) is 4.90 Å². The summed E-state index contributed by atoms with van der Waals surface area (Å²) >= 11 is 0. The number of fused-ring (bicyclic) bond motifs is 6. The summed E-state index contributed by atoms with van der Waals surface area (Å²) in [7, 11) is 0. The predicted octanol–water partition coefficient (Wildman–Crippen LogP) is 12.7. The van der Waals surface area contributed by atoms with Crippen LogP contribution in [-0.4, -0.2) is 0 Å². The summed E-state index contributed by atoms with van der Waals surface area (Å²) in [5, 5.41) is 2.25. The molecule has 0 fully saturated rings. The van der Waals surface area contributed by atoms with E-state index < -0.39 is 0 Å². The molecule has 2 nitrogen and oxygen atoms in total. The normalized spacial score (nSPS) is 13.1. The molecule has 1 aromatic heterocycles. The average Bonchev–Trinajstić information content (AvgIpc) is 3.61. The van der Waals surface area contributed by atoms with Gasteiger partial charge in [-0.1, -0.05) is 135 Å². The zero-order valence-electron chi connectivity index (χ0n) is 26.4. The lowest BCUT2D eigenvalue weighted by Gasteiger charge is -2.30. The minimum Gasteiger partial charge on any atom is -0.455 e. The Morgan fingerprint density at radius 1 is 0.468 bits per heavy atom. The van der Waals surface area contributed by atoms with Crippen LogP contribution in [0, 0.1) is 0 Å². The summed E-state index contributed by atoms with van der Waals surface area (Å²) in [6.45, 7) is 4.69. The molecule has 0 bridgehead atoms. The number of anilines is 3. The van der Waals surface area contributed by atoms with E-state index in [1.165, 1.54) is 33.4 Å². The molecule has 8 aromatic rings. The second-order valence-corrected chi connectivity index (χ2v) is 12.9. The van der Waals surface area contributed by atoms with Crippen molar-refractivity contribution in [3.8, 4) is 33.4 Å². The van der Waals surface area contributed by atoms with Crippen molar-refractivity contribution in [3.05, 3.63) is 175 Å². The van der Waals surface area contributed by atoms with Gasteiger partial charge in [0.05, 0.1) is 5.69 Å². The molecule has 224 valence electrons. The summed E-state index contributed by atoms with van der Waals surface area (Å²) in [5.41, 5.74) is 14.9. The van der Waals surface area contributed by atoms with Crippen molar-refractivity contribution in [2.24, 2.45) is 0 Å². The van der Waals surface area contributed by atoms with Gasteiger partial charge in [-0.15, -0.1) is 0 Å². The van der Waals surface area contributed by atoms with Crippen LogP contribution in [0.1, 0.15) is 25.0 Å². The summed E-state index contributed by atoms with van der Waals surface area (Å²) in [5.74, 6) is 0. The molecule has 0 saturated heterocycles. The summed E-state index contributed by atoms with van der Waals surface area (Å²) in [6.07, 6.45) is 0. The highest BCUT2D eigenvalue weighted by molar-refractivity contribution is 6.13. The van der Waals surface area contributed by atoms with E-state index in [9.17, 15) is 0 Å². The minimum absolute atomic E-state index is 0.115. The smallest absolute Gasteiger partial charge is 0.145 e. The SMILES string of the molecule is CC1(C)c2ccccc2-c2ccc(N(c3ccc(-c4ccccc4)cc3)c3ccc4c(oc5ccccc54)c3-c3ccccc3)cc21. The topological polar surface area (TPSA) is 16.4 Å². The monoisotopic (exact) mass is 603 g/mol. The first-order valence-electron chi connectivity index (χ1n) is 16.3. The quantitative estimate of drug-likeness (QED) is 0.195. The van der Waals surface area contributed by atoms with Crippen molar-refractivity contribution in [3.63, 3.8) is 0 Å². The third-order valence-corrected chi connectivity index (χ3v) is 9.89. The Kier molecular flexibility index (Phi) is 6.20. The van der Waals surface area contributed by atoms with Gasteiger partial charge in [-0.05, 0) is 81.4 Å². The molecule has 1 aliphatic carbocycles. The summed E-state index contributed by atoms with van der Waals surface area (Å²) in [4.78, 5) is 2.41. The Hall–Kier alpha value is -5.86. The van der Waals surface area contributed by atoms with E-state index in [-0.39, 0.29) is 5.41 Å². The van der Waals surface area contributed by atoms with Gasteiger partial charge in [-0.3, -0.25) is 0 Å². The van der Waals surface area contributed by atoms with Crippen LogP contribution >= 0.6 is 0 Å². The van der Waals surface area contributed by atoms with Crippen LogP contribution < -0.4 is 4.90 Å². The van der Waals surface area contributed by atoms with Crippen LogP contribution in [0.25, 0.3) is 55.3 Å². The van der Waals surface area contributed by atoms with Gasteiger partial charge in [0.2, 0.25) is 0 Å². The van der Waals surface area contributed by atoms with E-state index in [0.717, 1.165) is 50.1 Å². The molecule has 2 heteroatoms. The fourth-order valence-electron chi connectivity index (χ4n) is 7.54. The molecule has 0 aliphatic heterocycles. The molecular formula is C45H33NO. The fourth-order valence-corrected chi connectivity index (χ4v) is 7.54. The molecule has 0 atom stereocenters. The number of para-hydroxylation sites is 1. The molecule has 0 radical (unpaired) electrons. The largest absolute Gasteiger partial charge is 0.455 e. The molecule has 0 spiro atoms. The summed E-state index contributed by atoms with van der Waals surface area (Å²) < 4.78 is 6.70. The fraction of sp³-hybridized carbons (Fsp3) is 0.0667. The number of hydrogen-bond donors (Lipinski definition) is 0. The van der Waals surface area contributed by atoms with Gasteiger partial charge in [0, 0.05) is 33.1 Å². The van der Waals surface area contributed by atoms with E-state index in [4.69, 9.17) is 4.42 Å². The van der Waals surface area contributed by atoms with E-state index in [1.54, 1.807) is 0 Å². The van der Waals surface area contributed by atoms with Crippen molar-refractivity contribution >= 4 is 39.0 Å². The highest BCUT2D eigenvalue weighted by Crippen LogP contribution is 2.52. The standard InChI is InChI=1S/C45H33NO/c1-45(2)39-19-11-9-17-35(39)36-26-25-34(29-40(36)45)46(33-23-21-31(22-24-33)30-13-5-3-6-14-30)41-28-27-38-37-18-10-12-20-42(37)47-44(38)43(41)32-15-7-4-8-16-32/h3-29H,1-2H3. The number of hydrogen-bond acceptors (Lipinski definition) is 2. The molecular weight excluding hydrogens is 571 g/mol. The van der Waals surface area contributed by atoms with Crippen molar-refractivity contribution in [1.29, 1.82) is 0 Å². The molecule has 0 amide bonds. The van der Waals surface area contributed by atoms with Gasteiger partial charge in [0.25, 0.3) is 0 Å². The Morgan fingerprint density at radius 3 is 1.87 bits per heavy atom. The van der Waals surface area contributed by atoms with Crippen LogP contribution in [0.4, 0.5) is 17.1 Å². The van der Waals surface area contributed by atoms with Crippen LogP contribution in [0.3, 0.4) is 0 Å². The second kappa shape index (κ2) is 10.6. The third kappa shape index (κ3) is 4.33. The predicted molar refractivity (Wildman–Crippen MR) is 197 cm³/mol. The van der Waals surface area contributed by atoms with Gasteiger partial charge in [-0.2, -0.15) is 0 Å². The zero-order valence-corrected chi connectivity index (χ0v) is 26.4. The summed E-state index contributed by atoms with van der Waals surface area (Å²) in [6, 6.07) is 58.8. The second-order valence-electron chi connectivity index (χ2n) is 12.9. The molecule has 0 N–H and O–H groups in total. The lowest BCUT2D eigenvalue weighted by Crippen LogP contribution is -2.17. The molecule has 1 aliphatic rings.